The molecule has 0 unspecified atom stereocenters. The van der Waals surface area contributed by atoms with Gasteiger partial charge in [-0.3, -0.25) is 4.79 Å². The fourth-order valence-corrected chi connectivity index (χ4v) is 4.37. The smallest absolute Gasteiger partial charge is 0.250 e. The van der Waals surface area contributed by atoms with E-state index in [-0.39, 0.29) is 5.91 Å². The van der Waals surface area contributed by atoms with Crippen molar-refractivity contribution in [3.05, 3.63) is 93.5 Å². The molecule has 3 rings (SSSR count). The van der Waals surface area contributed by atoms with Crippen LogP contribution in [0.2, 0.25) is 5.02 Å². The van der Waals surface area contributed by atoms with Gasteiger partial charge in [0.05, 0.1) is 18.6 Å². The number of amides is 1. The summed E-state index contributed by atoms with van der Waals surface area (Å²) in [4.78, 5) is 12.1. The lowest BCUT2D eigenvalue weighted by molar-refractivity contribution is -0.118. The summed E-state index contributed by atoms with van der Waals surface area (Å²) >= 11 is 7.60. The van der Waals surface area contributed by atoms with E-state index in [1.54, 1.807) is 18.0 Å². The summed E-state index contributed by atoms with van der Waals surface area (Å²) in [6.07, 6.45) is 1.59. The highest BCUT2D eigenvalue weighted by atomic mass is 35.5. The van der Waals surface area contributed by atoms with E-state index in [2.05, 4.69) is 42.6 Å². The minimum absolute atomic E-state index is 0.142. The van der Waals surface area contributed by atoms with Crippen LogP contribution in [0, 0.1) is 13.8 Å². The molecule has 0 saturated heterocycles. The molecule has 178 valence electrons. The van der Waals surface area contributed by atoms with Crippen LogP contribution in [0.15, 0.2) is 65.8 Å². The standard InChI is InChI=1S/C27H29ClN2O3S/c1-4-32-26-14-21(8-9-25(26)33-16-22-6-5-7-24(28)13-22)15-29-30-27(31)18-34-17-23-11-19(2)10-20(3)12-23/h5-15H,4,16-18H2,1-3H3,(H,30,31)/b29-15-. The molecule has 5 nitrogen and oxygen atoms in total. The Morgan fingerprint density at radius 2 is 1.79 bits per heavy atom. The first-order valence-corrected chi connectivity index (χ1v) is 12.6. The van der Waals surface area contributed by atoms with Crippen molar-refractivity contribution in [1.29, 1.82) is 0 Å². The monoisotopic (exact) mass is 496 g/mol. The second-order valence-electron chi connectivity index (χ2n) is 7.84. The maximum atomic E-state index is 12.1. The van der Waals surface area contributed by atoms with Gasteiger partial charge in [-0.05, 0) is 67.8 Å². The van der Waals surface area contributed by atoms with Crippen LogP contribution in [0.1, 0.15) is 34.7 Å². The van der Waals surface area contributed by atoms with Crippen molar-refractivity contribution < 1.29 is 14.3 Å². The largest absolute Gasteiger partial charge is 0.490 e. The van der Waals surface area contributed by atoms with Gasteiger partial charge in [-0.25, -0.2) is 5.43 Å². The van der Waals surface area contributed by atoms with Gasteiger partial charge in [-0.2, -0.15) is 5.10 Å². The summed E-state index contributed by atoms with van der Waals surface area (Å²) in [7, 11) is 0. The topological polar surface area (TPSA) is 59.9 Å². The number of halogens is 1. The summed E-state index contributed by atoms with van der Waals surface area (Å²) in [5, 5.41) is 4.75. The summed E-state index contributed by atoms with van der Waals surface area (Å²) in [6, 6.07) is 19.5. The van der Waals surface area contributed by atoms with Crippen LogP contribution in [0.4, 0.5) is 0 Å². The van der Waals surface area contributed by atoms with E-state index in [9.17, 15) is 4.79 Å². The van der Waals surface area contributed by atoms with Gasteiger partial charge in [0.15, 0.2) is 11.5 Å². The van der Waals surface area contributed by atoms with Crippen LogP contribution >= 0.6 is 23.4 Å². The Morgan fingerprint density at radius 3 is 2.53 bits per heavy atom. The third-order valence-corrected chi connectivity index (χ3v) is 5.98. The molecule has 0 bridgehead atoms. The molecule has 0 saturated carbocycles. The number of carbonyl (C=O) groups excluding carboxylic acids is 1. The number of thioether (sulfide) groups is 1. The summed E-state index contributed by atoms with van der Waals surface area (Å²) in [6.45, 7) is 6.96. The first-order chi connectivity index (χ1) is 16.4. The number of hydrogen-bond acceptors (Lipinski definition) is 5. The molecule has 0 atom stereocenters. The molecule has 3 aromatic carbocycles. The Labute approximate surface area is 210 Å². The van der Waals surface area contributed by atoms with Crippen molar-refractivity contribution in [2.24, 2.45) is 5.10 Å². The van der Waals surface area contributed by atoms with E-state index >= 15 is 0 Å². The van der Waals surface area contributed by atoms with Crippen molar-refractivity contribution in [3.8, 4) is 11.5 Å². The number of rotatable bonds is 11. The average molecular weight is 497 g/mol. The zero-order valence-electron chi connectivity index (χ0n) is 19.6. The average Bonchev–Trinajstić information content (AvgIpc) is 2.78. The van der Waals surface area contributed by atoms with Crippen LogP contribution in [0.3, 0.4) is 0 Å². The third kappa shape index (κ3) is 8.43. The molecule has 1 amide bonds. The van der Waals surface area contributed by atoms with E-state index in [0.717, 1.165) is 16.9 Å². The highest BCUT2D eigenvalue weighted by molar-refractivity contribution is 7.99. The van der Waals surface area contributed by atoms with E-state index < -0.39 is 0 Å². The number of hydrazone groups is 1. The Hall–Kier alpha value is -2.96. The van der Waals surface area contributed by atoms with Gasteiger partial charge < -0.3 is 9.47 Å². The first kappa shape index (κ1) is 25.7. The van der Waals surface area contributed by atoms with Crippen molar-refractivity contribution >= 4 is 35.5 Å². The van der Waals surface area contributed by atoms with Crippen molar-refractivity contribution in [2.45, 2.75) is 33.1 Å². The molecule has 0 fully saturated rings. The SMILES string of the molecule is CCOc1cc(/C=N\NC(=O)CSCc2cc(C)cc(C)c2)ccc1OCc1cccc(Cl)c1. The minimum atomic E-state index is -0.142. The molecule has 0 heterocycles. The number of carbonyl (C=O) groups is 1. The number of ether oxygens (including phenoxy) is 2. The number of benzene rings is 3. The van der Waals surface area contributed by atoms with E-state index in [0.29, 0.717) is 35.5 Å². The van der Waals surface area contributed by atoms with Crippen molar-refractivity contribution in [3.63, 3.8) is 0 Å². The third-order valence-electron chi connectivity index (χ3n) is 4.74. The van der Waals surface area contributed by atoms with Crippen molar-refractivity contribution in [2.75, 3.05) is 12.4 Å². The van der Waals surface area contributed by atoms with Crippen LogP contribution in [-0.4, -0.2) is 24.5 Å². The lowest BCUT2D eigenvalue weighted by atomic mass is 10.1. The second kappa shape index (κ2) is 13.1. The van der Waals surface area contributed by atoms with Gasteiger partial charge >= 0.3 is 0 Å². The predicted molar refractivity (Wildman–Crippen MR) is 141 cm³/mol. The molecule has 0 aliphatic heterocycles. The molecule has 0 aliphatic rings. The fourth-order valence-electron chi connectivity index (χ4n) is 3.41. The van der Waals surface area contributed by atoms with Crippen LogP contribution in [-0.2, 0) is 17.2 Å². The van der Waals surface area contributed by atoms with E-state index in [1.165, 1.54) is 16.7 Å². The van der Waals surface area contributed by atoms with Crippen molar-refractivity contribution in [1.82, 2.24) is 5.43 Å². The highest BCUT2D eigenvalue weighted by Crippen LogP contribution is 2.29. The highest BCUT2D eigenvalue weighted by Gasteiger charge is 2.07. The lowest BCUT2D eigenvalue weighted by Crippen LogP contribution is -2.19. The molecule has 0 radical (unpaired) electrons. The van der Waals surface area contributed by atoms with E-state index in [1.807, 2.05) is 49.4 Å². The van der Waals surface area contributed by atoms with Gasteiger partial charge in [0, 0.05) is 10.8 Å². The maximum absolute atomic E-state index is 12.1. The summed E-state index contributed by atoms with van der Waals surface area (Å²) in [5.74, 6) is 2.23. The molecular formula is C27H29ClN2O3S. The molecule has 3 aromatic rings. The fraction of sp³-hybridized carbons (Fsp3) is 0.259. The molecule has 1 N–H and O–H groups in total. The van der Waals surface area contributed by atoms with Crippen LogP contribution < -0.4 is 14.9 Å². The summed E-state index contributed by atoms with van der Waals surface area (Å²) in [5.41, 5.74) is 8.04. The number of nitrogens with one attached hydrogen (secondary N) is 1. The molecule has 0 aliphatic carbocycles. The quantitative estimate of drug-likeness (QED) is 0.249. The maximum Gasteiger partial charge on any atom is 0.250 e. The van der Waals surface area contributed by atoms with E-state index in [4.69, 9.17) is 21.1 Å². The van der Waals surface area contributed by atoms with Crippen LogP contribution in [0.5, 0.6) is 11.5 Å². The molecular weight excluding hydrogens is 468 g/mol. The predicted octanol–water partition coefficient (Wildman–Crippen LogP) is 6.32. The molecule has 7 heteroatoms. The lowest BCUT2D eigenvalue weighted by Gasteiger charge is -2.12. The van der Waals surface area contributed by atoms with Gasteiger partial charge in [-0.15, -0.1) is 11.8 Å². The van der Waals surface area contributed by atoms with Gasteiger partial charge in [0.25, 0.3) is 0 Å². The second-order valence-corrected chi connectivity index (χ2v) is 9.26. The zero-order valence-corrected chi connectivity index (χ0v) is 21.2. The Kier molecular flexibility index (Phi) is 9.86. The Bertz CT molecular complexity index is 1130. The van der Waals surface area contributed by atoms with Crippen LogP contribution in [0.25, 0.3) is 0 Å². The zero-order chi connectivity index (χ0) is 24.3. The first-order valence-electron chi connectivity index (χ1n) is 11.0. The molecule has 34 heavy (non-hydrogen) atoms. The number of nitrogens with zero attached hydrogens (tertiary/aromatic N) is 1. The Balaban J connectivity index is 1.51. The molecule has 0 aromatic heterocycles. The van der Waals surface area contributed by atoms with Gasteiger partial charge in [0.2, 0.25) is 5.91 Å². The number of hydrogen-bond donors (Lipinski definition) is 1. The van der Waals surface area contributed by atoms with Gasteiger partial charge in [0.1, 0.15) is 6.61 Å². The van der Waals surface area contributed by atoms with Gasteiger partial charge in [-0.1, -0.05) is 53.1 Å². The normalized spacial score (nSPS) is 10.9. The molecule has 0 spiro atoms. The Morgan fingerprint density at radius 1 is 1.00 bits per heavy atom. The summed E-state index contributed by atoms with van der Waals surface area (Å²) < 4.78 is 11.6. The minimum Gasteiger partial charge on any atom is -0.490 e. The number of aryl methyl sites for hydroxylation is 2.